The molecule has 3 rings (SSSR count). The molecular formula is C22H28F3N3O. The highest BCUT2D eigenvalue weighted by atomic mass is 19.4. The lowest BCUT2D eigenvalue weighted by molar-refractivity contribution is -0.137. The standard InChI is InChI=1S/C22H28F3N3O/c1-3-28(4-2)21(29)16-7-5-15(6-8-16)14-27-19-11-12-26-20-13-17(22(23,24)25)9-10-18(19)20/h9-13,15-16H,3-8,14H2,1-2H3,(H,26,27)/t15-,16-. The second kappa shape index (κ2) is 9.01. The second-order valence-electron chi connectivity index (χ2n) is 7.70. The predicted octanol–water partition coefficient (Wildman–Crippen LogP) is 5.34. The number of fused-ring (bicyclic) bond motifs is 1. The van der Waals surface area contributed by atoms with E-state index < -0.39 is 11.7 Å². The topological polar surface area (TPSA) is 45.2 Å². The van der Waals surface area contributed by atoms with Crippen LogP contribution >= 0.6 is 0 Å². The van der Waals surface area contributed by atoms with Gasteiger partial charge in [0.15, 0.2) is 0 Å². The summed E-state index contributed by atoms with van der Waals surface area (Å²) in [5.41, 5.74) is 0.439. The Morgan fingerprint density at radius 1 is 1.14 bits per heavy atom. The van der Waals surface area contributed by atoms with E-state index >= 15 is 0 Å². The first kappa shape index (κ1) is 21.4. The quantitative estimate of drug-likeness (QED) is 0.703. The lowest BCUT2D eigenvalue weighted by Crippen LogP contribution is -2.38. The number of alkyl halides is 3. The highest BCUT2D eigenvalue weighted by molar-refractivity contribution is 5.91. The number of halogens is 3. The van der Waals surface area contributed by atoms with Gasteiger partial charge in [-0.15, -0.1) is 0 Å². The Balaban J connectivity index is 1.60. The summed E-state index contributed by atoms with van der Waals surface area (Å²) in [5.74, 6) is 0.837. The van der Waals surface area contributed by atoms with E-state index in [1.165, 1.54) is 12.3 Å². The van der Waals surface area contributed by atoms with Crippen molar-refractivity contribution in [2.75, 3.05) is 25.0 Å². The van der Waals surface area contributed by atoms with E-state index in [2.05, 4.69) is 10.3 Å². The first-order chi connectivity index (χ1) is 13.8. The molecule has 0 atom stereocenters. The van der Waals surface area contributed by atoms with E-state index in [9.17, 15) is 18.0 Å². The number of hydrogen-bond donors (Lipinski definition) is 1. The van der Waals surface area contributed by atoms with Crippen LogP contribution in [0.15, 0.2) is 30.5 Å². The first-order valence-corrected chi connectivity index (χ1v) is 10.3. The van der Waals surface area contributed by atoms with E-state index in [1.54, 1.807) is 6.07 Å². The Morgan fingerprint density at radius 2 is 1.83 bits per heavy atom. The average molecular weight is 407 g/mol. The maximum atomic E-state index is 12.9. The molecule has 0 bridgehead atoms. The van der Waals surface area contributed by atoms with Gasteiger partial charge in [-0.3, -0.25) is 9.78 Å². The maximum Gasteiger partial charge on any atom is 0.416 e. The van der Waals surface area contributed by atoms with Crippen LogP contribution < -0.4 is 5.32 Å². The van der Waals surface area contributed by atoms with Crippen molar-refractivity contribution in [3.8, 4) is 0 Å². The summed E-state index contributed by atoms with van der Waals surface area (Å²) in [6.45, 7) is 6.26. The third kappa shape index (κ3) is 5.00. The van der Waals surface area contributed by atoms with E-state index in [0.29, 0.717) is 16.8 Å². The van der Waals surface area contributed by atoms with E-state index in [1.807, 2.05) is 18.7 Å². The van der Waals surface area contributed by atoms with Crippen LogP contribution in [0.4, 0.5) is 18.9 Å². The first-order valence-electron chi connectivity index (χ1n) is 10.3. The normalized spacial score (nSPS) is 19.9. The van der Waals surface area contributed by atoms with Crippen LogP contribution in [0.25, 0.3) is 10.9 Å². The Bertz CT molecular complexity index is 841. The average Bonchev–Trinajstić information content (AvgIpc) is 2.72. The molecule has 7 heteroatoms. The van der Waals surface area contributed by atoms with Crippen molar-refractivity contribution in [3.63, 3.8) is 0 Å². The summed E-state index contributed by atoms with van der Waals surface area (Å²) in [4.78, 5) is 18.5. The van der Waals surface area contributed by atoms with E-state index in [-0.39, 0.29) is 11.8 Å². The molecule has 1 N–H and O–H groups in total. The lowest BCUT2D eigenvalue weighted by atomic mass is 9.81. The van der Waals surface area contributed by atoms with E-state index in [4.69, 9.17) is 0 Å². The monoisotopic (exact) mass is 407 g/mol. The SMILES string of the molecule is CCN(CC)C(=O)[C@H]1CC[C@H](CNc2ccnc3cc(C(F)(F)F)ccc23)CC1. The Hall–Kier alpha value is -2.31. The molecule has 158 valence electrons. The van der Waals surface area contributed by atoms with Gasteiger partial charge in [0.05, 0.1) is 11.1 Å². The number of rotatable bonds is 6. The summed E-state index contributed by atoms with van der Waals surface area (Å²) < 4.78 is 38.8. The molecule has 0 saturated heterocycles. The number of nitrogens with zero attached hydrogens (tertiary/aromatic N) is 2. The van der Waals surface area contributed by atoms with Crippen LogP contribution in [-0.2, 0) is 11.0 Å². The molecule has 1 aromatic carbocycles. The second-order valence-corrected chi connectivity index (χ2v) is 7.70. The molecule has 1 aliphatic carbocycles. The fraction of sp³-hybridized carbons (Fsp3) is 0.545. The van der Waals surface area contributed by atoms with Gasteiger partial charge >= 0.3 is 6.18 Å². The molecular weight excluding hydrogens is 379 g/mol. The van der Waals surface area contributed by atoms with Crippen molar-refractivity contribution < 1.29 is 18.0 Å². The molecule has 29 heavy (non-hydrogen) atoms. The smallest absolute Gasteiger partial charge is 0.384 e. The summed E-state index contributed by atoms with van der Waals surface area (Å²) >= 11 is 0. The Labute approximate surface area is 169 Å². The zero-order valence-electron chi connectivity index (χ0n) is 16.9. The number of carbonyl (C=O) groups excluding carboxylic acids is 1. The molecule has 1 aromatic heterocycles. The number of carbonyl (C=O) groups is 1. The van der Waals surface area contributed by atoms with Crippen molar-refractivity contribution in [1.82, 2.24) is 9.88 Å². The summed E-state index contributed by atoms with van der Waals surface area (Å²) in [5, 5.41) is 4.07. The predicted molar refractivity (Wildman–Crippen MR) is 109 cm³/mol. The van der Waals surface area contributed by atoms with Crippen LogP contribution in [-0.4, -0.2) is 35.4 Å². The Morgan fingerprint density at radius 3 is 2.45 bits per heavy atom. The van der Waals surface area contributed by atoms with Crippen molar-refractivity contribution in [3.05, 3.63) is 36.0 Å². The summed E-state index contributed by atoms with van der Waals surface area (Å²) in [6, 6.07) is 5.46. The van der Waals surface area contributed by atoms with Gasteiger partial charge in [0, 0.05) is 42.8 Å². The fourth-order valence-electron chi connectivity index (χ4n) is 4.14. The van der Waals surface area contributed by atoms with Crippen molar-refractivity contribution in [2.45, 2.75) is 45.7 Å². The van der Waals surface area contributed by atoms with Gasteiger partial charge in [-0.2, -0.15) is 13.2 Å². The maximum absolute atomic E-state index is 12.9. The van der Waals surface area contributed by atoms with Gasteiger partial charge in [0.2, 0.25) is 5.91 Å². The number of anilines is 1. The molecule has 0 spiro atoms. The molecule has 1 heterocycles. The van der Waals surface area contributed by atoms with Crippen LogP contribution in [0.3, 0.4) is 0 Å². The summed E-state index contributed by atoms with van der Waals surface area (Å²) in [6.07, 6.45) is 0.907. The zero-order chi connectivity index (χ0) is 21.0. The molecule has 1 fully saturated rings. The van der Waals surface area contributed by atoms with Crippen molar-refractivity contribution >= 4 is 22.5 Å². The number of aromatic nitrogens is 1. The minimum Gasteiger partial charge on any atom is -0.384 e. The van der Waals surface area contributed by atoms with Crippen LogP contribution in [0.2, 0.25) is 0 Å². The highest BCUT2D eigenvalue weighted by Gasteiger charge is 2.31. The van der Waals surface area contributed by atoms with Gasteiger partial charge in [-0.25, -0.2) is 0 Å². The third-order valence-electron chi connectivity index (χ3n) is 5.92. The number of benzene rings is 1. The largest absolute Gasteiger partial charge is 0.416 e. The zero-order valence-corrected chi connectivity index (χ0v) is 16.9. The van der Waals surface area contributed by atoms with Crippen molar-refractivity contribution in [2.24, 2.45) is 11.8 Å². The van der Waals surface area contributed by atoms with Crippen LogP contribution in [0, 0.1) is 11.8 Å². The highest BCUT2D eigenvalue weighted by Crippen LogP contribution is 2.34. The van der Waals surface area contributed by atoms with Crippen LogP contribution in [0.1, 0.15) is 45.1 Å². The van der Waals surface area contributed by atoms with Gasteiger partial charge in [-0.05, 0) is 63.6 Å². The fourth-order valence-corrected chi connectivity index (χ4v) is 4.14. The Kier molecular flexibility index (Phi) is 6.65. The lowest BCUT2D eigenvalue weighted by Gasteiger charge is -2.31. The summed E-state index contributed by atoms with van der Waals surface area (Å²) in [7, 11) is 0. The molecule has 1 saturated carbocycles. The number of hydrogen-bond acceptors (Lipinski definition) is 3. The van der Waals surface area contributed by atoms with E-state index in [0.717, 1.165) is 63.1 Å². The number of nitrogens with one attached hydrogen (secondary N) is 1. The van der Waals surface area contributed by atoms with Crippen molar-refractivity contribution in [1.29, 1.82) is 0 Å². The molecule has 0 radical (unpaired) electrons. The molecule has 0 aliphatic heterocycles. The molecule has 2 aromatic rings. The van der Waals surface area contributed by atoms with Crippen LogP contribution in [0.5, 0.6) is 0 Å². The minimum absolute atomic E-state index is 0.119. The molecule has 1 aliphatic rings. The van der Waals surface area contributed by atoms with Gasteiger partial charge in [0.1, 0.15) is 0 Å². The van der Waals surface area contributed by atoms with Gasteiger partial charge in [0.25, 0.3) is 0 Å². The number of amides is 1. The number of pyridine rings is 1. The van der Waals surface area contributed by atoms with Gasteiger partial charge in [-0.1, -0.05) is 6.07 Å². The minimum atomic E-state index is -4.37. The molecule has 4 nitrogen and oxygen atoms in total. The molecule has 1 amide bonds. The molecule has 0 unspecified atom stereocenters. The van der Waals surface area contributed by atoms with Gasteiger partial charge < -0.3 is 10.2 Å². The third-order valence-corrected chi connectivity index (χ3v) is 5.92.